The van der Waals surface area contributed by atoms with E-state index in [4.69, 9.17) is 9.47 Å². The molecule has 1 aromatic carbocycles. The summed E-state index contributed by atoms with van der Waals surface area (Å²) in [4.78, 5) is 10.2. The molecule has 0 radical (unpaired) electrons. The van der Waals surface area contributed by atoms with Gasteiger partial charge in [0.1, 0.15) is 5.69 Å². The SMILES string of the molecule is COc1cc(NCCC(F)(F)F)c([N+](=O)[O-])cc1OC. The highest BCUT2D eigenvalue weighted by atomic mass is 19.4. The summed E-state index contributed by atoms with van der Waals surface area (Å²) in [5.41, 5.74) is -0.443. The van der Waals surface area contributed by atoms with Crippen LogP contribution in [0.4, 0.5) is 24.5 Å². The van der Waals surface area contributed by atoms with Gasteiger partial charge in [0.05, 0.1) is 31.6 Å². The minimum atomic E-state index is -4.33. The quantitative estimate of drug-likeness (QED) is 0.645. The van der Waals surface area contributed by atoms with Gasteiger partial charge in [0, 0.05) is 12.6 Å². The summed E-state index contributed by atoms with van der Waals surface area (Å²) in [6.07, 6.45) is -5.43. The molecule has 0 fully saturated rings. The van der Waals surface area contributed by atoms with Crippen LogP contribution in [0, 0.1) is 10.1 Å². The summed E-state index contributed by atoms with van der Waals surface area (Å²) >= 11 is 0. The molecule has 112 valence electrons. The van der Waals surface area contributed by atoms with Gasteiger partial charge in [-0.2, -0.15) is 13.2 Å². The molecule has 9 heteroatoms. The highest BCUT2D eigenvalue weighted by Gasteiger charge is 2.27. The third-order valence-electron chi connectivity index (χ3n) is 2.42. The van der Waals surface area contributed by atoms with Crippen molar-refractivity contribution in [3.8, 4) is 11.5 Å². The van der Waals surface area contributed by atoms with Gasteiger partial charge in [-0.25, -0.2) is 0 Å². The van der Waals surface area contributed by atoms with E-state index < -0.39 is 24.1 Å². The minimum Gasteiger partial charge on any atom is -0.493 e. The zero-order valence-corrected chi connectivity index (χ0v) is 10.8. The van der Waals surface area contributed by atoms with E-state index in [0.29, 0.717) is 0 Å². The van der Waals surface area contributed by atoms with Crippen molar-refractivity contribution in [2.45, 2.75) is 12.6 Å². The van der Waals surface area contributed by atoms with Crippen LogP contribution in [0.15, 0.2) is 12.1 Å². The minimum absolute atomic E-state index is 0.0584. The highest BCUT2D eigenvalue weighted by molar-refractivity contribution is 5.68. The van der Waals surface area contributed by atoms with Crippen LogP contribution in [0.3, 0.4) is 0 Å². The molecule has 0 amide bonds. The molecule has 20 heavy (non-hydrogen) atoms. The number of ether oxygens (including phenoxy) is 2. The number of nitro groups is 1. The highest BCUT2D eigenvalue weighted by Crippen LogP contribution is 2.37. The van der Waals surface area contributed by atoms with Crippen molar-refractivity contribution in [1.29, 1.82) is 0 Å². The number of benzene rings is 1. The zero-order valence-electron chi connectivity index (χ0n) is 10.8. The van der Waals surface area contributed by atoms with E-state index in [-0.39, 0.29) is 22.9 Å². The molecule has 6 nitrogen and oxygen atoms in total. The third kappa shape index (κ3) is 4.18. The smallest absolute Gasteiger partial charge is 0.390 e. The van der Waals surface area contributed by atoms with E-state index in [1.807, 2.05) is 0 Å². The van der Waals surface area contributed by atoms with Crippen LogP contribution in [0.25, 0.3) is 0 Å². The van der Waals surface area contributed by atoms with E-state index in [0.717, 1.165) is 6.07 Å². The molecule has 0 aliphatic heterocycles. The largest absolute Gasteiger partial charge is 0.493 e. The third-order valence-corrected chi connectivity index (χ3v) is 2.42. The summed E-state index contributed by atoms with van der Waals surface area (Å²) in [5, 5.41) is 13.3. The Balaban J connectivity index is 3.00. The van der Waals surface area contributed by atoms with Crippen molar-refractivity contribution >= 4 is 11.4 Å². The number of nitrogens with one attached hydrogen (secondary N) is 1. The number of anilines is 1. The standard InChI is InChI=1S/C11H13F3N2O4/c1-19-9-5-7(15-4-3-11(12,13)14)8(16(17)18)6-10(9)20-2/h5-6,15H,3-4H2,1-2H3. The van der Waals surface area contributed by atoms with E-state index >= 15 is 0 Å². The molecule has 1 aromatic rings. The number of nitrogens with zero attached hydrogens (tertiary/aromatic N) is 1. The molecule has 1 N–H and O–H groups in total. The normalized spacial score (nSPS) is 11.1. The summed E-state index contributed by atoms with van der Waals surface area (Å²) in [6.45, 7) is -0.472. The van der Waals surface area contributed by atoms with E-state index in [1.54, 1.807) is 0 Å². The maximum atomic E-state index is 12.1. The topological polar surface area (TPSA) is 73.6 Å². The molecule has 0 aromatic heterocycles. The van der Waals surface area contributed by atoms with Crippen molar-refractivity contribution in [3.63, 3.8) is 0 Å². The molecule has 0 spiro atoms. The molecular formula is C11H13F3N2O4. The number of methoxy groups -OCH3 is 2. The molecule has 0 aliphatic rings. The summed E-state index contributed by atoms with van der Waals surface area (Å²) in [7, 11) is 2.63. The summed E-state index contributed by atoms with van der Waals surface area (Å²) in [5.74, 6) is 0.313. The lowest BCUT2D eigenvalue weighted by Crippen LogP contribution is -2.15. The lowest BCUT2D eigenvalue weighted by molar-refractivity contribution is -0.384. The van der Waals surface area contributed by atoms with E-state index in [9.17, 15) is 23.3 Å². The Labute approximate surface area is 112 Å². The first kappa shape index (κ1) is 15.9. The van der Waals surface area contributed by atoms with Crippen LogP contribution in [-0.2, 0) is 0 Å². The molecular weight excluding hydrogens is 281 g/mol. The molecule has 1 rings (SSSR count). The molecule has 0 saturated heterocycles. The van der Waals surface area contributed by atoms with Crippen molar-refractivity contribution in [2.75, 3.05) is 26.1 Å². The van der Waals surface area contributed by atoms with Crippen molar-refractivity contribution < 1.29 is 27.6 Å². The van der Waals surface area contributed by atoms with Crippen LogP contribution < -0.4 is 14.8 Å². The number of halogens is 3. The van der Waals surface area contributed by atoms with Gasteiger partial charge in [-0.05, 0) is 0 Å². The van der Waals surface area contributed by atoms with Gasteiger partial charge >= 0.3 is 6.18 Å². The van der Waals surface area contributed by atoms with Crippen molar-refractivity contribution in [2.24, 2.45) is 0 Å². The number of hydrogen-bond acceptors (Lipinski definition) is 5. The predicted octanol–water partition coefficient (Wildman–Crippen LogP) is 2.98. The number of rotatable bonds is 6. The van der Waals surface area contributed by atoms with Crippen LogP contribution in [-0.4, -0.2) is 31.9 Å². The van der Waals surface area contributed by atoms with Gasteiger partial charge < -0.3 is 14.8 Å². The fraction of sp³-hybridized carbons (Fsp3) is 0.455. The molecule has 0 atom stereocenters. The van der Waals surface area contributed by atoms with Crippen LogP contribution in [0.2, 0.25) is 0 Å². The average molecular weight is 294 g/mol. The Morgan fingerprint density at radius 1 is 1.25 bits per heavy atom. The summed E-state index contributed by atoms with van der Waals surface area (Å²) in [6, 6.07) is 2.32. The second kappa shape index (κ2) is 6.31. The van der Waals surface area contributed by atoms with Crippen LogP contribution in [0.1, 0.15) is 6.42 Å². The van der Waals surface area contributed by atoms with Gasteiger partial charge in [0.25, 0.3) is 5.69 Å². The molecule has 0 aliphatic carbocycles. The van der Waals surface area contributed by atoms with Crippen LogP contribution >= 0.6 is 0 Å². The van der Waals surface area contributed by atoms with Crippen molar-refractivity contribution in [1.82, 2.24) is 0 Å². The lowest BCUT2D eigenvalue weighted by Gasteiger charge is -2.12. The lowest BCUT2D eigenvalue weighted by atomic mass is 10.2. The van der Waals surface area contributed by atoms with Gasteiger partial charge in [0.15, 0.2) is 11.5 Å². The van der Waals surface area contributed by atoms with Gasteiger partial charge in [-0.3, -0.25) is 10.1 Å². The maximum absolute atomic E-state index is 12.1. The molecule has 0 heterocycles. The first-order chi connectivity index (χ1) is 9.28. The Hall–Kier alpha value is -2.19. The van der Waals surface area contributed by atoms with Gasteiger partial charge in [-0.1, -0.05) is 0 Å². The fourth-order valence-corrected chi connectivity index (χ4v) is 1.50. The predicted molar refractivity (Wildman–Crippen MR) is 65.4 cm³/mol. The zero-order chi connectivity index (χ0) is 15.3. The number of nitro benzene ring substituents is 1. The van der Waals surface area contributed by atoms with Gasteiger partial charge in [0.2, 0.25) is 0 Å². The molecule has 0 bridgehead atoms. The van der Waals surface area contributed by atoms with Gasteiger partial charge in [-0.15, -0.1) is 0 Å². The Bertz CT molecular complexity index is 491. The van der Waals surface area contributed by atoms with Crippen LogP contribution in [0.5, 0.6) is 11.5 Å². The second-order valence-corrected chi connectivity index (χ2v) is 3.77. The number of hydrogen-bond donors (Lipinski definition) is 1. The molecule has 0 unspecified atom stereocenters. The second-order valence-electron chi connectivity index (χ2n) is 3.77. The van der Waals surface area contributed by atoms with E-state index in [2.05, 4.69) is 5.32 Å². The maximum Gasteiger partial charge on any atom is 0.390 e. The first-order valence-corrected chi connectivity index (χ1v) is 5.49. The number of alkyl halides is 3. The summed E-state index contributed by atoms with van der Waals surface area (Å²) < 4.78 is 46.0. The Kier molecular flexibility index (Phi) is 5.00. The monoisotopic (exact) mass is 294 g/mol. The first-order valence-electron chi connectivity index (χ1n) is 5.49. The van der Waals surface area contributed by atoms with E-state index in [1.165, 1.54) is 20.3 Å². The fourth-order valence-electron chi connectivity index (χ4n) is 1.50. The Morgan fingerprint density at radius 2 is 1.80 bits per heavy atom. The van der Waals surface area contributed by atoms with Crippen molar-refractivity contribution in [3.05, 3.63) is 22.2 Å². The Morgan fingerprint density at radius 3 is 2.25 bits per heavy atom. The molecule has 0 saturated carbocycles. The average Bonchev–Trinajstić information content (AvgIpc) is 2.36.